The summed E-state index contributed by atoms with van der Waals surface area (Å²) in [6.45, 7) is 0.108. The van der Waals surface area contributed by atoms with Gasteiger partial charge < -0.3 is 10.6 Å². The second kappa shape index (κ2) is 8.30. The number of hydrogen-bond acceptors (Lipinski definition) is 2. The molecule has 2 N–H and O–H groups in total. The van der Waals surface area contributed by atoms with Crippen LogP contribution in [0, 0.1) is 11.6 Å². The Morgan fingerprint density at radius 3 is 2.54 bits per heavy atom. The van der Waals surface area contributed by atoms with E-state index >= 15 is 0 Å². The first-order chi connectivity index (χ1) is 12.5. The average Bonchev–Trinajstić information content (AvgIpc) is 3.16. The lowest BCUT2D eigenvalue weighted by Gasteiger charge is -2.29. The van der Waals surface area contributed by atoms with Gasteiger partial charge in [0.25, 0.3) is 0 Å². The molecule has 3 rings (SSSR count). The van der Waals surface area contributed by atoms with Gasteiger partial charge in [-0.25, -0.2) is 8.78 Å². The summed E-state index contributed by atoms with van der Waals surface area (Å²) in [6, 6.07) is 11.0. The van der Waals surface area contributed by atoms with Crippen molar-refractivity contribution in [2.75, 3.05) is 5.73 Å². The fourth-order valence-electron chi connectivity index (χ4n) is 3.63. The number of carbonyl (C=O) groups excluding carboxylic acids is 1. The van der Waals surface area contributed by atoms with E-state index in [0.29, 0.717) is 18.5 Å². The molecule has 0 saturated heterocycles. The number of para-hydroxylation sites is 1. The zero-order valence-electron chi connectivity index (χ0n) is 14.8. The molecule has 1 aliphatic rings. The maximum atomic E-state index is 14.1. The number of nitrogen functional groups attached to an aromatic ring is 1. The summed E-state index contributed by atoms with van der Waals surface area (Å²) in [6.07, 6.45) is 4.80. The van der Waals surface area contributed by atoms with Gasteiger partial charge in [0, 0.05) is 30.3 Å². The van der Waals surface area contributed by atoms with Gasteiger partial charge in [0.15, 0.2) is 0 Å². The maximum Gasteiger partial charge on any atom is 0.223 e. The molecule has 0 aliphatic heterocycles. The Kier molecular flexibility index (Phi) is 5.86. The Morgan fingerprint density at radius 2 is 1.81 bits per heavy atom. The van der Waals surface area contributed by atoms with E-state index in [1.807, 2.05) is 24.3 Å². The third kappa shape index (κ3) is 4.40. The van der Waals surface area contributed by atoms with Crippen LogP contribution >= 0.6 is 0 Å². The topological polar surface area (TPSA) is 46.3 Å². The molecule has 26 heavy (non-hydrogen) atoms. The largest absolute Gasteiger partial charge is 0.399 e. The van der Waals surface area contributed by atoms with Crippen LogP contribution in [0.5, 0.6) is 0 Å². The molecule has 0 aromatic heterocycles. The molecule has 0 unspecified atom stereocenters. The Morgan fingerprint density at radius 1 is 1.08 bits per heavy atom. The minimum Gasteiger partial charge on any atom is -0.399 e. The van der Waals surface area contributed by atoms with Gasteiger partial charge in [-0.1, -0.05) is 31.0 Å². The van der Waals surface area contributed by atoms with E-state index in [4.69, 9.17) is 5.73 Å². The van der Waals surface area contributed by atoms with Gasteiger partial charge in [-0.15, -0.1) is 0 Å². The summed E-state index contributed by atoms with van der Waals surface area (Å²) in [5, 5.41) is 0. The molecule has 138 valence electrons. The summed E-state index contributed by atoms with van der Waals surface area (Å²) in [5.74, 6) is -1.00. The van der Waals surface area contributed by atoms with E-state index in [9.17, 15) is 13.6 Å². The van der Waals surface area contributed by atoms with Gasteiger partial charge in [-0.3, -0.25) is 4.79 Å². The number of halogens is 2. The SMILES string of the molecule is Nc1ccccc1CCC(=O)N(Cc1cc(F)ccc1F)C1CCCC1. The fraction of sp³-hybridized carbons (Fsp3) is 0.381. The highest BCUT2D eigenvalue weighted by molar-refractivity contribution is 5.77. The second-order valence-electron chi connectivity index (χ2n) is 6.89. The lowest BCUT2D eigenvalue weighted by atomic mass is 10.1. The summed E-state index contributed by atoms with van der Waals surface area (Å²) in [4.78, 5) is 14.6. The summed E-state index contributed by atoms with van der Waals surface area (Å²) in [5.41, 5.74) is 7.78. The van der Waals surface area contributed by atoms with E-state index in [0.717, 1.165) is 43.4 Å². The molecule has 0 heterocycles. The van der Waals surface area contributed by atoms with Crippen molar-refractivity contribution in [3.63, 3.8) is 0 Å². The van der Waals surface area contributed by atoms with Gasteiger partial charge in [0.1, 0.15) is 11.6 Å². The first kappa shape index (κ1) is 18.4. The third-order valence-corrected chi connectivity index (χ3v) is 5.10. The fourth-order valence-corrected chi connectivity index (χ4v) is 3.63. The summed E-state index contributed by atoms with van der Waals surface area (Å²) < 4.78 is 27.6. The highest BCUT2D eigenvalue weighted by Crippen LogP contribution is 2.27. The van der Waals surface area contributed by atoms with Crippen molar-refractivity contribution in [2.24, 2.45) is 0 Å². The predicted octanol–water partition coefficient (Wildman–Crippen LogP) is 4.45. The molecule has 0 bridgehead atoms. The van der Waals surface area contributed by atoms with E-state index in [-0.39, 0.29) is 24.1 Å². The Bertz CT molecular complexity index is 772. The van der Waals surface area contributed by atoms with E-state index in [1.54, 1.807) is 4.90 Å². The van der Waals surface area contributed by atoms with Gasteiger partial charge >= 0.3 is 0 Å². The first-order valence-corrected chi connectivity index (χ1v) is 9.11. The van der Waals surface area contributed by atoms with Gasteiger partial charge in [-0.2, -0.15) is 0 Å². The molecule has 0 spiro atoms. The number of nitrogens with zero attached hydrogens (tertiary/aromatic N) is 1. The monoisotopic (exact) mass is 358 g/mol. The quantitative estimate of drug-likeness (QED) is 0.776. The molecular formula is C21H24F2N2O. The maximum absolute atomic E-state index is 14.1. The van der Waals surface area contributed by atoms with Crippen LogP contribution in [0.3, 0.4) is 0 Å². The molecule has 1 aliphatic carbocycles. The minimum absolute atomic E-state index is 0.0381. The molecule has 3 nitrogen and oxygen atoms in total. The lowest BCUT2D eigenvalue weighted by Crippen LogP contribution is -2.38. The van der Waals surface area contributed by atoms with Crippen LogP contribution in [-0.4, -0.2) is 16.8 Å². The number of anilines is 1. The van der Waals surface area contributed by atoms with E-state index in [1.165, 1.54) is 6.07 Å². The normalized spacial score (nSPS) is 14.5. The Labute approximate surface area is 152 Å². The number of benzene rings is 2. The van der Waals surface area contributed by atoms with Gasteiger partial charge in [0.05, 0.1) is 0 Å². The highest BCUT2D eigenvalue weighted by atomic mass is 19.1. The minimum atomic E-state index is -0.489. The number of rotatable bonds is 6. The zero-order chi connectivity index (χ0) is 18.5. The molecule has 0 atom stereocenters. The van der Waals surface area contributed by atoms with Crippen molar-refractivity contribution in [2.45, 2.75) is 51.1 Å². The van der Waals surface area contributed by atoms with Crippen LogP contribution in [0.25, 0.3) is 0 Å². The number of nitrogens with two attached hydrogens (primary N) is 1. The molecule has 2 aromatic carbocycles. The molecule has 0 radical (unpaired) electrons. The second-order valence-corrected chi connectivity index (χ2v) is 6.89. The van der Waals surface area contributed by atoms with Crippen LogP contribution in [-0.2, 0) is 17.8 Å². The first-order valence-electron chi connectivity index (χ1n) is 9.11. The van der Waals surface area contributed by atoms with Crippen LogP contribution in [0.2, 0.25) is 0 Å². The van der Waals surface area contributed by atoms with Crippen molar-refractivity contribution >= 4 is 11.6 Å². The number of hydrogen-bond donors (Lipinski definition) is 1. The van der Waals surface area contributed by atoms with Crippen molar-refractivity contribution < 1.29 is 13.6 Å². The Balaban J connectivity index is 1.74. The molecule has 1 fully saturated rings. The van der Waals surface area contributed by atoms with Crippen molar-refractivity contribution in [1.82, 2.24) is 4.90 Å². The van der Waals surface area contributed by atoms with E-state index in [2.05, 4.69) is 0 Å². The number of amides is 1. The smallest absolute Gasteiger partial charge is 0.223 e. The average molecular weight is 358 g/mol. The third-order valence-electron chi connectivity index (χ3n) is 5.10. The number of aryl methyl sites for hydroxylation is 1. The van der Waals surface area contributed by atoms with Gasteiger partial charge in [-0.05, 0) is 49.1 Å². The molecular weight excluding hydrogens is 334 g/mol. The van der Waals surface area contributed by atoms with Crippen LogP contribution < -0.4 is 5.73 Å². The van der Waals surface area contributed by atoms with Crippen LogP contribution in [0.4, 0.5) is 14.5 Å². The zero-order valence-corrected chi connectivity index (χ0v) is 14.8. The molecule has 1 amide bonds. The Hall–Kier alpha value is -2.43. The standard InChI is InChI=1S/C21H24F2N2O/c22-17-10-11-19(23)16(13-17)14-25(18-6-2-3-7-18)21(26)12-9-15-5-1-4-8-20(15)24/h1,4-5,8,10-11,13,18H,2-3,6-7,9,12,14,24H2. The predicted molar refractivity (Wildman–Crippen MR) is 98.3 cm³/mol. The van der Waals surface area contributed by atoms with Gasteiger partial charge in [0.2, 0.25) is 5.91 Å². The molecule has 1 saturated carbocycles. The van der Waals surface area contributed by atoms with Crippen LogP contribution in [0.1, 0.15) is 43.2 Å². The van der Waals surface area contributed by atoms with Crippen molar-refractivity contribution in [3.05, 3.63) is 65.2 Å². The number of carbonyl (C=O) groups is 1. The van der Waals surface area contributed by atoms with E-state index < -0.39 is 11.6 Å². The van der Waals surface area contributed by atoms with Crippen molar-refractivity contribution in [1.29, 1.82) is 0 Å². The summed E-state index contributed by atoms with van der Waals surface area (Å²) in [7, 11) is 0. The lowest BCUT2D eigenvalue weighted by molar-refractivity contribution is -0.134. The van der Waals surface area contributed by atoms with Crippen LogP contribution in [0.15, 0.2) is 42.5 Å². The molecule has 2 aromatic rings. The summed E-state index contributed by atoms with van der Waals surface area (Å²) >= 11 is 0. The van der Waals surface area contributed by atoms with Crippen molar-refractivity contribution in [3.8, 4) is 0 Å². The molecule has 5 heteroatoms. The highest BCUT2D eigenvalue weighted by Gasteiger charge is 2.27.